The Balaban J connectivity index is 1.84. The molecule has 1 aliphatic rings. The summed E-state index contributed by atoms with van der Waals surface area (Å²) in [5, 5.41) is 7.69. The minimum Gasteiger partial charge on any atom is -0.330 e. The molecule has 4 heteroatoms. The van der Waals surface area contributed by atoms with Crippen molar-refractivity contribution in [3.63, 3.8) is 0 Å². The van der Waals surface area contributed by atoms with Gasteiger partial charge in [-0.15, -0.1) is 10.2 Å². The van der Waals surface area contributed by atoms with Gasteiger partial charge in [0.25, 0.3) is 0 Å². The summed E-state index contributed by atoms with van der Waals surface area (Å²) in [6.07, 6.45) is 9.96. The van der Waals surface area contributed by atoms with E-state index in [0.29, 0.717) is 6.04 Å². The maximum absolute atomic E-state index is 5.56. The second-order valence-electron chi connectivity index (χ2n) is 4.16. The highest BCUT2D eigenvalue weighted by atomic mass is 15.2. The van der Waals surface area contributed by atoms with Gasteiger partial charge in [0.2, 0.25) is 0 Å². The minimum absolute atomic E-state index is 0.624. The SMILES string of the molecule is NCCC1CCC(n2cnnc2)CC1. The standard InChI is InChI=1S/C10H18N4/c11-6-5-9-1-3-10(4-2-9)14-7-12-13-8-14/h7-10H,1-6,11H2. The molecule has 0 aliphatic heterocycles. The Hall–Kier alpha value is -0.900. The predicted molar refractivity (Wildman–Crippen MR) is 54.7 cm³/mol. The van der Waals surface area contributed by atoms with Crippen LogP contribution in [0, 0.1) is 5.92 Å². The molecule has 0 bridgehead atoms. The molecule has 78 valence electrons. The summed E-state index contributed by atoms with van der Waals surface area (Å²) in [5.74, 6) is 0.854. The van der Waals surface area contributed by atoms with Gasteiger partial charge >= 0.3 is 0 Å². The zero-order valence-corrected chi connectivity index (χ0v) is 8.47. The Morgan fingerprint density at radius 2 is 1.79 bits per heavy atom. The Labute approximate surface area is 84.5 Å². The number of nitrogens with two attached hydrogens (primary N) is 1. The molecule has 0 unspecified atom stereocenters. The molecular weight excluding hydrogens is 176 g/mol. The third-order valence-electron chi connectivity index (χ3n) is 3.25. The number of aromatic nitrogens is 3. The molecule has 0 saturated heterocycles. The van der Waals surface area contributed by atoms with E-state index in [9.17, 15) is 0 Å². The molecule has 0 radical (unpaired) electrons. The molecular formula is C10H18N4. The van der Waals surface area contributed by atoms with Gasteiger partial charge in [0.15, 0.2) is 0 Å². The number of nitrogens with zero attached hydrogens (tertiary/aromatic N) is 3. The second-order valence-corrected chi connectivity index (χ2v) is 4.16. The smallest absolute Gasteiger partial charge is 0.119 e. The van der Waals surface area contributed by atoms with Crippen LogP contribution in [-0.2, 0) is 0 Å². The van der Waals surface area contributed by atoms with Gasteiger partial charge in [-0.3, -0.25) is 0 Å². The fourth-order valence-electron chi connectivity index (χ4n) is 2.36. The van der Waals surface area contributed by atoms with Crippen molar-refractivity contribution in [1.29, 1.82) is 0 Å². The summed E-state index contributed by atoms with van der Waals surface area (Å²) in [7, 11) is 0. The first-order valence-corrected chi connectivity index (χ1v) is 5.44. The van der Waals surface area contributed by atoms with Crippen LogP contribution in [0.1, 0.15) is 38.1 Å². The number of rotatable bonds is 3. The van der Waals surface area contributed by atoms with E-state index in [1.807, 2.05) is 12.7 Å². The summed E-state index contributed by atoms with van der Waals surface area (Å²) < 4.78 is 2.14. The van der Waals surface area contributed by atoms with E-state index in [1.54, 1.807) is 0 Å². The molecule has 2 rings (SSSR count). The van der Waals surface area contributed by atoms with Crippen LogP contribution in [0.15, 0.2) is 12.7 Å². The topological polar surface area (TPSA) is 56.7 Å². The van der Waals surface area contributed by atoms with Crippen molar-refractivity contribution >= 4 is 0 Å². The van der Waals surface area contributed by atoms with Crippen LogP contribution in [0.5, 0.6) is 0 Å². The molecule has 2 N–H and O–H groups in total. The average molecular weight is 194 g/mol. The molecule has 0 aromatic carbocycles. The van der Waals surface area contributed by atoms with E-state index in [2.05, 4.69) is 14.8 Å². The zero-order chi connectivity index (χ0) is 9.80. The van der Waals surface area contributed by atoms with Gasteiger partial charge in [0.1, 0.15) is 12.7 Å². The van der Waals surface area contributed by atoms with Crippen LogP contribution in [0.3, 0.4) is 0 Å². The fourth-order valence-corrected chi connectivity index (χ4v) is 2.36. The van der Waals surface area contributed by atoms with Crippen LogP contribution in [-0.4, -0.2) is 21.3 Å². The summed E-state index contributed by atoms with van der Waals surface area (Å²) in [4.78, 5) is 0. The summed E-state index contributed by atoms with van der Waals surface area (Å²) in [6.45, 7) is 0.835. The van der Waals surface area contributed by atoms with Gasteiger partial charge in [-0.05, 0) is 44.6 Å². The monoisotopic (exact) mass is 194 g/mol. The predicted octanol–water partition coefficient (Wildman–Crippen LogP) is 1.36. The molecule has 1 aromatic heterocycles. The summed E-state index contributed by atoms with van der Waals surface area (Å²) in [6, 6.07) is 0.624. The second kappa shape index (κ2) is 4.55. The van der Waals surface area contributed by atoms with E-state index < -0.39 is 0 Å². The van der Waals surface area contributed by atoms with Gasteiger partial charge in [-0.1, -0.05) is 0 Å². The van der Waals surface area contributed by atoms with Crippen LogP contribution in [0.25, 0.3) is 0 Å². The average Bonchev–Trinajstić information content (AvgIpc) is 2.72. The van der Waals surface area contributed by atoms with Crippen molar-refractivity contribution in [2.75, 3.05) is 6.54 Å². The molecule has 1 saturated carbocycles. The van der Waals surface area contributed by atoms with E-state index in [1.165, 1.54) is 32.1 Å². The lowest BCUT2D eigenvalue weighted by atomic mass is 9.84. The number of hydrogen-bond acceptors (Lipinski definition) is 3. The summed E-state index contributed by atoms with van der Waals surface area (Å²) >= 11 is 0. The first-order chi connectivity index (χ1) is 6.90. The fraction of sp³-hybridized carbons (Fsp3) is 0.800. The zero-order valence-electron chi connectivity index (χ0n) is 8.47. The Kier molecular flexibility index (Phi) is 3.14. The molecule has 14 heavy (non-hydrogen) atoms. The molecule has 0 amide bonds. The van der Waals surface area contributed by atoms with E-state index in [-0.39, 0.29) is 0 Å². The largest absolute Gasteiger partial charge is 0.330 e. The highest BCUT2D eigenvalue weighted by Gasteiger charge is 2.21. The van der Waals surface area contributed by atoms with Crippen LogP contribution >= 0.6 is 0 Å². The van der Waals surface area contributed by atoms with E-state index in [4.69, 9.17) is 5.73 Å². The normalized spacial score (nSPS) is 27.8. The molecule has 1 fully saturated rings. The van der Waals surface area contributed by atoms with Crippen molar-refractivity contribution in [3.05, 3.63) is 12.7 Å². The lowest BCUT2D eigenvalue weighted by Crippen LogP contribution is -2.19. The van der Waals surface area contributed by atoms with Gasteiger partial charge in [-0.2, -0.15) is 0 Å². The lowest BCUT2D eigenvalue weighted by Gasteiger charge is -2.28. The quantitative estimate of drug-likeness (QED) is 0.790. The molecule has 0 atom stereocenters. The van der Waals surface area contributed by atoms with Crippen molar-refractivity contribution in [2.24, 2.45) is 11.7 Å². The third-order valence-corrected chi connectivity index (χ3v) is 3.25. The third kappa shape index (κ3) is 2.12. The maximum atomic E-state index is 5.56. The van der Waals surface area contributed by atoms with Crippen LogP contribution in [0.4, 0.5) is 0 Å². The highest BCUT2D eigenvalue weighted by Crippen LogP contribution is 2.32. The summed E-state index contributed by atoms with van der Waals surface area (Å²) in [5.41, 5.74) is 5.56. The van der Waals surface area contributed by atoms with Crippen molar-refractivity contribution in [3.8, 4) is 0 Å². The Morgan fingerprint density at radius 3 is 2.36 bits per heavy atom. The molecule has 4 nitrogen and oxygen atoms in total. The van der Waals surface area contributed by atoms with Crippen molar-refractivity contribution < 1.29 is 0 Å². The van der Waals surface area contributed by atoms with Crippen LogP contribution < -0.4 is 5.73 Å². The van der Waals surface area contributed by atoms with Gasteiger partial charge in [0, 0.05) is 6.04 Å². The van der Waals surface area contributed by atoms with Crippen molar-refractivity contribution in [2.45, 2.75) is 38.1 Å². The first kappa shape index (κ1) is 9.65. The first-order valence-electron chi connectivity index (χ1n) is 5.44. The lowest BCUT2D eigenvalue weighted by molar-refractivity contribution is 0.265. The van der Waals surface area contributed by atoms with Gasteiger partial charge in [0.05, 0.1) is 0 Å². The molecule has 0 spiro atoms. The van der Waals surface area contributed by atoms with Gasteiger partial charge in [-0.25, -0.2) is 0 Å². The van der Waals surface area contributed by atoms with Crippen LogP contribution in [0.2, 0.25) is 0 Å². The molecule has 1 aliphatic carbocycles. The highest BCUT2D eigenvalue weighted by molar-refractivity contribution is 4.79. The van der Waals surface area contributed by atoms with E-state index in [0.717, 1.165) is 12.5 Å². The van der Waals surface area contributed by atoms with E-state index >= 15 is 0 Å². The Morgan fingerprint density at radius 1 is 1.14 bits per heavy atom. The van der Waals surface area contributed by atoms with Gasteiger partial charge < -0.3 is 10.3 Å². The molecule has 1 aromatic rings. The number of hydrogen-bond donors (Lipinski definition) is 1. The maximum Gasteiger partial charge on any atom is 0.119 e. The molecule has 1 heterocycles. The Bertz CT molecular complexity index is 249. The van der Waals surface area contributed by atoms with Crippen molar-refractivity contribution in [1.82, 2.24) is 14.8 Å². The minimum atomic E-state index is 0.624.